The molecule has 30 valence electrons. The second-order valence-corrected chi connectivity index (χ2v) is 1.47. The third-order valence-corrected chi connectivity index (χ3v) is 0.805. The zero-order valence-corrected chi connectivity index (χ0v) is 4.18. The molecule has 0 aromatic heterocycles. The highest BCUT2D eigenvalue weighted by molar-refractivity contribution is 7.38. The molecule has 0 saturated carbocycles. The van der Waals surface area contributed by atoms with E-state index in [1.165, 1.54) is 0 Å². The molecule has 1 unspecified atom stereocenters. The maximum absolute atomic E-state index is 7.76. The fraction of sp³-hybridized carbons (Fsp3) is 0. The van der Waals surface area contributed by atoms with Crippen LogP contribution in [0.15, 0.2) is 4.52 Å². The average molecular weight is 111 g/mol. The minimum Gasteiger partial charge on any atom is -0.356 e. The lowest BCUT2D eigenvalue weighted by molar-refractivity contribution is 0.641. The van der Waals surface area contributed by atoms with Gasteiger partial charge in [0, 0.05) is 0 Å². The van der Waals surface area contributed by atoms with Gasteiger partial charge in [0.1, 0.15) is 8.96 Å². The smallest absolute Gasteiger partial charge is 0.175 e. The van der Waals surface area contributed by atoms with Gasteiger partial charge in [0.2, 0.25) is 0 Å². The fourth-order valence-corrected chi connectivity index (χ4v) is 0.180. The Morgan fingerprint density at radius 3 is 2.40 bits per heavy atom. The van der Waals surface area contributed by atoms with Crippen molar-refractivity contribution in [2.24, 2.45) is 4.52 Å². The Hall–Kier alpha value is 0.450. The van der Waals surface area contributed by atoms with E-state index in [-0.39, 0.29) is 8.60 Å². The minimum absolute atomic E-state index is 0.0829. The largest absolute Gasteiger partial charge is 0.356 e. The van der Waals surface area contributed by atoms with Crippen molar-refractivity contribution in [3.8, 4) is 0 Å². The van der Waals surface area contributed by atoms with Crippen molar-refractivity contribution in [2.75, 3.05) is 0 Å². The van der Waals surface area contributed by atoms with Crippen LogP contribution < -0.4 is 0 Å². The van der Waals surface area contributed by atoms with E-state index in [0.29, 0.717) is 0 Å². The first kappa shape index (κ1) is 5.45. The van der Waals surface area contributed by atoms with Crippen LogP contribution in [0.4, 0.5) is 0 Å². The van der Waals surface area contributed by atoms with Crippen LogP contribution in [0.3, 0.4) is 0 Å². The first-order chi connectivity index (χ1) is 2.41. The maximum atomic E-state index is 7.76. The Labute approximate surface area is 32.9 Å². The van der Waals surface area contributed by atoms with Gasteiger partial charge < -0.3 is 9.79 Å². The summed E-state index contributed by atoms with van der Waals surface area (Å²) in [5.74, 6) is 0. The second kappa shape index (κ2) is 4.45. The van der Waals surface area contributed by atoms with Gasteiger partial charge >= 0.3 is 0 Å². The van der Waals surface area contributed by atoms with Crippen molar-refractivity contribution in [1.29, 1.82) is 0 Å². The molecule has 0 fully saturated rings. The van der Waals surface area contributed by atoms with Crippen molar-refractivity contribution >= 4 is 17.6 Å². The molecule has 0 aromatic rings. The van der Waals surface area contributed by atoms with Gasteiger partial charge in [-0.3, -0.25) is 0 Å². The zero-order chi connectivity index (χ0) is 4.12. The molecule has 5 heavy (non-hydrogen) atoms. The minimum atomic E-state index is -0.480. The summed E-state index contributed by atoms with van der Waals surface area (Å²) < 4.78 is 3.08. The van der Waals surface area contributed by atoms with Crippen LogP contribution in [0.5, 0.6) is 0 Å². The van der Waals surface area contributed by atoms with Gasteiger partial charge in [-0.1, -0.05) is 0 Å². The Morgan fingerprint density at radius 1 is 1.80 bits per heavy atom. The molecule has 5 heteroatoms. The SMILES string of the molecule is OP=NPO. The van der Waals surface area contributed by atoms with Crippen molar-refractivity contribution in [2.45, 2.75) is 0 Å². The molecular weight excluding hydrogens is 108 g/mol. The lowest BCUT2D eigenvalue weighted by atomic mass is 13.9. The Balaban J connectivity index is 2.62. The first-order valence-electron chi connectivity index (χ1n) is 0.847. The third-order valence-electron chi connectivity index (χ3n) is 0.0894. The van der Waals surface area contributed by atoms with Gasteiger partial charge in [0.25, 0.3) is 0 Å². The fourth-order valence-electron chi connectivity index (χ4n) is 0.0200. The van der Waals surface area contributed by atoms with Gasteiger partial charge in [0.05, 0.1) is 0 Å². The molecule has 0 heterocycles. The summed E-state index contributed by atoms with van der Waals surface area (Å²) in [4.78, 5) is 15.5. The quantitative estimate of drug-likeness (QED) is 0.484. The molecule has 2 N–H and O–H groups in total. The highest BCUT2D eigenvalue weighted by Gasteiger charge is 1.55. The predicted molar refractivity (Wildman–Crippen MR) is 22.1 cm³/mol. The molecule has 0 aliphatic rings. The van der Waals surface area contributed by atoms with Crippen molar-refractivity contribution in [1.82, 2.24) is 0 Å². The number of hydrogen-bond donors (Lipinski definition) is 2. The van der Waals surface area contributed by atoms with Crippen LogP contribution in [0.1, 0.15) is 0 Å². The van der Waals surface area contributed by atoms with Crippen molar-refractivity contribution < 1.29 is 9.79 Å². The maximum Gasteiger partial charge on any atom is 0.175 e. The molecule has 0 aromatic carbocycles. The molecular formula is H3NO2P2. The first-order valence-corrected chi connectivity index (χ1v) is 2.54. The summed E-state index contributed by atoms with van der Waals surface area (Å²) in [6.07, 6.45) is 0. The van der Waals surface area contributed by atoms with Gasteiger partial charge in [-0.25, -0.2) is 0 Å². The van der Waals surface area contributed by atoms with Crippen molar-refractivity contribution in [3.63, 3.8) is 0 Å². The van der Waals surface area contributed by atoms with Gasteiger partial charge in [-0.15, -0.1) is 0 Å². The van der Waals surface area contributed by atoms with Crippen LogP contribution in [0.2, 0.25) is 0 Å². The molecule has 0 amide bonds. The van der Waals surface area contributed by atoms with Crippen LogP contribution in [-0.2, 0) is 0 Å². The molecule has 0 aliphatic heterocycles. The van der Waals surface area contributed by atoms with Crippen LogP contribution in [-0.4, -0.2) is 9.79 Å². The van der Waals surface area contributed by atoms with Crippen LogP contribution in [0, 0.1) is 0 Å². The van der Waals surface area contributed by atoms with E-state index >= 15 is 0 Å². The predicted octanol–water partition coefficient (Wildman–Crippen LogP) is 0.524. The summed E-state index contributed by atoms with van der Waals surface area (Å²) >= 11 is 0. The van der Waals surface area contributed by atoms with E-state index < -0.39 is 8.96 Å². The molecule has 3 nitrogen and oxygen atoms in total. The highest BCUT2D eigenvalue weighted by Crippen LogP contribution is 2.08. The molecule has 0 spiro atoms. The second-order valence-electron chi connectivity index (χ2n) is 0.289. The van der Waals surface area contributed by atoms with Gasteiger partial charge in [-0.05, 0) is 0 Å². The Bertz CT molecular complexity index is 34.6. The standard InChI is InChI=1S/H3NO2P2/c2-4-1-5-3/h2,4H,(H,1,3). The van der Waals surface area contributed by atoms with Gasteiger partial charge in [0.15, 0.2) is 8.60 Å². The summed E-state index contributed by atoms with van der Waals surface area (Å²) in [5.41, 5.74) is 0. The molecule has 0 bridgehead atoms. The monoisotopic (exact) mass is 111 g/mol. The van der Waals surface area contributed by atoms with Gasteiger partial charge in [-0.2, -0.15) is 4.52 Å². The average Bonchev–Trinajstić information content (AvgIpc) is 1.41. The Kier molecular flexibility index (Phi) is 4.85. The number of nitrogens with zero attached hydrogens (tertiary/aromatic N) is 1. The summed E-state index contributed by atoms with van der Waals surface area (Å²) in [6, 6.07) is 0. The van der Waals surface area contributed by atoms with E-state index in [1.54, 1.807) is 0 Å². The summed E-state index contributed by atoms with van der Waals surface area (Å²) in [5, 5.41) is 0. The number of rotatable bonds is 1. The lowest BCUT2D eigenvalue weighted by Gasteiger charge is -1.65. The Morgan fingerprint density at radius 2 is 2.40 bits per heavy atom. The molecule has 0 aliphatic carbocycles. The van der Waals surface area contributed by atoms with E-state index in [0.717, 1.165) is 0 Å². The van der Waals surface area contributed by atoms with E-state index in [1.807, 2.05) is 0 Å². The van der Waals surface area contributed by atoms with E-state index in [9.17, 15) is 0 Å². The highest BCUT2D eigenvalue weighted by atomic mass is 31.1. The normalized spacial score (nSPS) is 12.4. The third kappa shape index (κ3) is 4.45. The van der Waals surface area contributed by atoms with Crippen LogP contribution >= 0.6 is 17.6 Å². The molecule has 0 radical (unpaired) electrons. The van der Waals surface area contributed by atoms with Crippen molar-refractivity contribution in [3.05, 3.63) is 0 Å². The molecule has 1 atom stereocenters. The lowest BCUT2D eigenvalue weighted by Crippen LogP contribution is -1.24. The van der Waals surface area contributed by atoms with E-state index in [4.69, 9.17) is 9.79 Å². The topological polar surface area (TPSA) is 52.8 Å². The zero-order valence-electron chi connectivity index (χ0n) is 2.29. The summed E-state index contributed by atoms with van der Waals surface area (Å²) in [6.45, 7) is 0. The van der Waals surface area contributed by atoms with E-state index in [2.05, 4.69) is 4.52 Å². The van der Waals surface area contributed by atoms with Crippen LogP contribution in [0.25, 0.3) is 0 Å². The number of hydrogen-bond acceptors (Lipinski definition) is 2. The molecule has 0 rings (SSSR count). The molecule has 0 saturated heterocycles. The summed E-state index contributed by atoms with van der Waals surface area (Å²) in [7, 11) is -0.562.